The van der Waals surface area contributed by atoms with Crippen molar-refractivity contribution in [1.29, 1.82) is 0 Å². The summed E-state index contributed by atoms with van der Waals surface area (Å²) >= 11 is 8.04. The van der Waals surface area contributed by atoms with Crippen LogP contribution in [0.3, 0.4) is 0 Å². The lowest BCUT2D eigenvalue weighted by atomic mass is 10.3. The molecule has 1 heterocycles. The molecule has 0 saturated carbocycles. The maximum absolute atomic E-state index is 12.9. The van der Waals surface area contributed by atoms with Gasteiger partial charge in [-0.1, -0.05) is 18.3 Å². The Morgan fingerprint density at radius 1 is 1.33 bits per heavy atom. The normalized spacial score (nSPS) is 10.1. The monoisotopic (exact) mass is 326 g/mol. The average Bonchev–Trinajstić information content (AvgIpc) is 2.33. The standard InChI is InChI=1S/C12H8BrFN2OS/c13-8-6-7(14)4-5-10(8)17-11-3-1-2-9(16-11)12(15)18/h1-6H,(H2,15,18). The van der Waals surface area contributed by atoms with Crippen molar-refractivity contribution in [2.45, 2.75) is 0 Å². The minimum absolute atomic E-state index is 0.193. The predicted octanol–water partition coefficient (Wildman–Crippen LogP) is 3.41. The Kier molecular flexibility index (Phi) is 3.88. The van der Waals surface area contributed by atoms with Crippen molar-refractivity contribution < 1.29 is 9.13 Å². The van der Waals surface area contributed by atoms with Gasteiger partial charge in [0.1, 0.15) is 22.2 Å². The number of nitrogens with two attached hydrogens (primary N) is 1. The first-order chi connectivity index (χ1) is 8.56. The molecule has 0 fully saturated rings. The summed E-state index contributed by atoms with van der Waals surface area (Å²) in [5.41, 5.74) is 5.95. The summed E-state index contributed by atoms with van der Waals surface area (Å²) in [5.74, 6) is 0.454. The van der Waals surface area contributed by atoms with Crippen LogP contribution in [0.25, 0.3) is 0 Å². The van der Waals surface area contributed by atoms with Crippen molar-refractivity contribution in [2.75, 3.05) is 0 Å². The highest BCUT2D eigenvalue weighted by Crippen LogP contribution is 2.29. The van der Waals surface area contributed by atoms with E-state index in [2.05, 4.69) is 20.9 Å². The van der Waals surface area contributed by atoms with Crippen LogP contribution < -0.4 is 10.5 Å². The van der Waals surface area contributed by atoms with Crippen LogP contribution in [0.1, 0.15) is 5.69 Å². The van der Waals surface area contributed by atoms with Crippen molar-refractivity contribution >= 4 is 33.1 Å². The average molecular weight is 327 g/mol. The fourth-order valence-corrected chi connectivity index (χ4v) is 1.83. The summed E-state index contributed by atoms with van der Waals surface area (Å²) in [5, 5.41) is 0. The zero-order valence-corrected chi connectivity index (χ0v) is 11.5. The van der Waals surface area contributed by atoms with Gasteiger partial charge in [0, 0.05) is 6.07 Å². The van der Waals surface area contributed by atoms with Crippen molar-refractivity contribution in [2.24, 2.45) is 5.73 Å². The second-order valence-corrected chi connectivity index (χ2v) is 4.70. The lowest BCUT2D eigenvalue weighted by Gasteiger charge is -2.07. The number of pyridine rings is 1. The molecule has 2 N–H and O–H groups in total. The lowest BCUT2D eigenvalue weighted by molar-refractivity contribution is 0.458. The number of ether oxygens (including phenoxy) is 1. The summed E-state index contributed by atoms with van der Waals surface area (Å²) < 4.78 is 18.9. The van der Waals surface area contributed by atoms with Gasteiger partial charge < -0.3 is 10.5 Å². The largest absolute Gasteiger partial charge is 0.438 e. The van der Waals surface area contributed by atoms with E-state index in [1.165, 1.54) is 18.2 Å². The second kappa shape index (κ2) is 5.41. The molecule has 0 aliphatic heterocycles. The summed E-state index contributed by atoms with van der Waals surface area (Å²) in [4.78, 5) is 4.32. The van der Waals surface area contributed by atoms with Gasteiger partial charge in [-0.2, -0.15) is 0 Å². The van der Waals surface area contributed by atoms with E-state index >= 15 is 0 Å². The molecule has 0 saturated heterocycles. The van der Waals surface area contributed by atoms with Crippen LogP contribution in [-0.4, -0.2) is 9.97 Å². The highest BCUT2D eigenvalue weighted by molar-refractivity contribution is 9.10. The minimum Gasteiger partial charge on any atom is -0.438 e. The molecule has 2 rings (SSSR count). The summed E-state index contributed by atoms with van der Waals surface area (Å²) in [6.07, 6.45) is 0. The molecule has 2 aromatic rings. The molecule has 6 heteroatoms. The Morgan fingerprint density at radius 3 is 2.78 bits per heavy atom. The topological polar surface area (TPSA) is 48.1 Å². The van der Waals surface area contributed by atoms with E-state index in [0.717, 1.165) is 0 Å². The maximum Gasteiger partial charge on any atom is 0.219 e. The molecule has 0 aliphatic rings. The second-order valence-electron chi connectivity index (χ2n) is 3.40. The molecule has 0 amide bonds. The first-order valence-electron chi connectivity index (χ1n) is 4.96. The molecule has 18 heavy (non-hydrogen) atoms. The van der Waals surface area contributed by atoms with Gasteiger partial charge in [-0.25, -0.2) is 9.37 Å². The molecule has 0 bridgehead atoms. The van der Waals surface area contributed by atoms with Crippen molar-refractivity contribution in [1.82, 2.24) is 4.98 Å². The molecule has 0 aliphatic carbocycles. The zero-order valence-electron chi connectivity index (χ0n) is 9.06. The third-order valence-electron chi connectivity index (χ3n) is 2.08. The van der Waals surface area contributed by atoms with Crippen molar-refractivity contribution in [3.05, 3.63) is 52.4 Å². The van der Waals surface area contributed by atoms with E-state index < -0.39 is 0 Å². The number of hydrogen-bond acceptors (Lipinski definition) is 3. The highest BCUT2D eigenvalue weighted by Gasteiger charge is 2.06. The fraction of sp³-hybridized carbons (Fsp3) is 0. The van der Waals surface area contributed by atoms with Crippen LogP contribution in [0, 0.1) is 5.82 Å². The molecule has 0 unspecified atom stereocenters. The smallest absolute Gasteiger partial charge is 0.219 e. The van der Waals surface area contributed by atoms with E-state index in [0.29, 0.717) is 21.8 Å². The summed E-state index contributed by atoms with van der Waals surface area (Å²) in [6.45, 7) is 0. The molecule has 1 aromatic carbocycles. The van der Waals surface area contributed by atoms with Crippen LogP contribution >= 0.6 is 28.1 Å². The van der Waals surface area contributed by atoms with Crippen molar-refractivity contribution in [3.63, 3.8) is 0 Å². The van der Waals surface area contributed by atoms with Gasteiger partial charge in [0.2, 0.25) is 5.88 Å². The number of hydrogen-bond donors (Lipinski definition) is 1. The number of thiocarbonyl (C=S) groups is 1. The van der Waals surface area contributed by atoms with E-state index in [-0.39, 0.29) is 10.8 Å². The molecule has 0 radical (unpaired) electrons. The maximum atomic E-state index is 12.9. The summed E-state index contributed by atoms with van der Waals surface area (Å²) in [6, 6.07) is 9.21. The third kappa shape index (κ3) is 3.02. The Balaban J connectivity index is 2.28. The van der Waals surface area contributed by atoms with Gasteiger partial charge >= 0.3 is 0 Å². The van der Waals surface area contributed by atoms with Gasteiger partial charge in [-0.05, 0) is 40.2 Å². The minimum atomic E-state index is -0.348. The lowest BCUT2D eigenvalue weighted by Crippen LogP contribution is -2.11. The zero-order chi connectivity index (χ0) is 13.1. The molecule has 0 atom stereocenters. The quantitative estimate of drug-likeness (QED) is 0.878. The van der Waals surface area contributed by atoms with E-state index in [1.807, 2.05) is 0 Å². The van der Waals surface area contributed by atoms with E-state index in [4.69, 9.17) is 22.7 Å². The van der Waals surface area contributed by atoms with Crippen LogP contribution in [0.4, 0.5) is 4.39 Å². The Bertz CT molecular complexity index is 606. The number of nitrogens with zero attached hydrogens (tertiary/aromatic N) is 1. The predicted molar refractivity (Wildman–Crippen MR) is 74.3 cm³/mol. The van der Waals surface area contributed by atoms with Crippen molar-refractivity contribution in [3.8, 4) is 11.6 Å². The third-order valence-corrected chi connectivity index (χ3v) is 2.91. The number of benzene rings is 1. The number of rotatable bonds is 3. The molecular weight excluding hydrogens is 319 g/mol. The van der Waals surface area contributed by atoms with Crippen LogP contribution in [0.5, 0.6) is 11.6 Å². The van der Waals surface area contributed by atoms with Gasteiger partial charge in [0.05, 0.1) is 4.47 Å². The molecule has 3 nitrogen and oxygen atoms in total. The van der Waals surface area contributed by atoms with Gasteiger partial charge in [-0.15, -0.1) is 0 Å². The van der Waals surface area contributed by atoms with Crippen LogP contribution in [0.2, 0.25) is 0 Å². The number of aromatic nitrogens is 1. The van der Waals surface area contributed by atoms with Crippen LogP contribution in [0.15, 0.2) is 40.9 Å². The SMILES string of the molecule is NC(=S)c1cccc(Oc2ccc(F)cc2Br)n1. The molecular formula is C12H8BrFN2OS. The van der Waals surface area contributed by atoms with Gasteiger partial charge in [0.15, 0.2) is 0 Å². The molecule has 0 spiro atoms. The van der Waals surface area contributed by atoms with Gasteiger partial charge in [0.25, 0.3) is 0 Å². The Morgan fingerprint density at radius 2 is 2.11 bits per heavy atom. The van der Waals surface area contributed by atoms with Gasteiger partial charge in [-0.3, -0.25) is 0 Å². The Labute approximate surface area is 117 Å². The van der Waals surface area contributed by atoms with Crippen LogP contribution in [-0.2, 0) is 0 Å². The summed E-state index contributed by atoms with van der Waals surface area (Å²) in [7, 11) is 0. The van der Waals surface area contributed by atoms with E-state index in [1.54, 1.807) is 18.2 Å². The molecule has 1 aromatic heterocycles. The Hall–Kier alpha value is -1.53. The highest BCUT2D eigenvalue weighted by atomic mass is 79.9. The molecule has 92 valence electrons. The number of halogens is 2. The first-order valence-corrected chi connectivity index (χ1v) is 6.16. The van der Waals surface area contributed by atoms with E-state index in [9.17, 15) is 4.39 Å². The first kappa shape index (κ1) is 12.9. The fourth-order valence-electron chi connectivity index (χ4n) is 1.28.